The average Bonchev–Trinajstić information content (AvgIpc) is 3.18. The molecule has 192 valence electrons. The number of alkyl halides is 6. The van der Waals surface area contributed by atoms with Gasteiger partial charge in [0.25, 0.3) is 0 Å². The van der Waals surface area contributed by atoms with Gasteiger partial charge in [-0.15, -0.1) is 0 Å². The number of aromatic nitrogens is 3. The quantitative estimate of drug-likeness (QED) is 0.213. The number of nitrogens with one attached hydrogen (secondary N) is 2. The van der Waals surface area contributed by atoms with E-state index >= 15 is 0 Å². The molecule has 0 bridgehead atoms. The van der Waals surface area contributed by atoms with Gasteiger partial charge in [-0.3, -0.25) is 4.40 Å². The summed E-state index contributed by atoms with van der Waals surface area (Å²) in [4.78, 5) is 7.73. The van der Waals surface area contributed by atoms with Crippen LogP contribution in [0.1, 0.15) is 13.3 Å². The Hall–Kier alpha value is -2.87. The fraction of sp³-hybridized carbons (Fsp3) is 0.400. The van der Waals surface area contributed by atoms with Crippen molar-refractivity contribution in [2.24, 2.45) is 0 Å². The van der Waals surface area contributed by atoms with E-state index in [1.165, 1.54) is 12.4 Å². The number of ether oxygens (including phenoxy) is 1. The van der Waals surface area contributed by atoms with Crippen LogP contribution in [0, 0.1) is 11.6 Å². The molecule has 15 heteroatoms. The Kier molecular flexibility index (Phi) is 7.94. The zero-order chi connectivity index (χ0) is 26.0. The largest absolute Gasteiger partial charge is 0.493 e. The van der Waals surface area contributed by atoms with Gasteiger partial charge in [-0.1, -0.05) is 11.6 Å². The SMILES string of the molecule is C[C@@H](Nc1c(-c2c(F)cc(OCCCNCC(F)(F)F)cc2F)c(Cl)nc2nccn12)C(F)(F)F. The van der Waals surface area contributed by atoms with Crippen molar-refractivity contribution in [1.82, 2.24) is 19.7 Å². The van der Waals surface area contributed by atoms with Crippen LogP contribution in [-0.2, 0) is 0 Å². The van der Waals surface area contributed by atoms with Gasteiger partial charge in [0.15, 0.2) is 0 Å². The smallest absolute Gasteiger partial charge is 0.408 e. The second kappa shape index (κ2) is 10.4. The number of nitrogens with zero attached hydrogens (tertiary/aromatic N) is 3. The van der Waals surface area contributed by atoms with Gasteiger partial charge in [-0.05, 0) is 19.9 Å². The number of halogens is 9. The zero-order valence-corrected chi connectivity index (χ0v) is 18.6. The highest BCUT2D eigenvalue weighted by Gasteiger charge is 2.37. The Labute approximate surface area is 198 Å². The van der Waals surface area contributed by atoms with Crippen molar-refractivity contribution in [2.75, 3.05) is 25.0 Å². The summed E-state index contributed by atoms with van der Waals surface area (Å²) in [5, 5.41) is 3.82. The molecule has 0 fully saturated rings. The van der Waals surface area contributed by atoms with E-state index in [9.17, 15) is 35.1 Å². The first-order chi connectivity index (χ1) is 16.3. The summed E-state index contributed by atoms with van der Waals surface area (Å²) in [6.07, 6.45) is -6.49. The van der Waals surface area contributed by atoms with Gasteiger partial charge in [-0.25, -0.2) is 13.8 Å². The molecule has 2 heterocycles. The molecule has 1 atom stereocenters. The van der Waals surface area contributed by atoms with Crippen LogP contribution < -0.4 is 15.4 Å². The molecule has 3 aromatic rings. The summed E-state index contributed by atoms with van der Waals surface area (Å²) >= 11 is 6.11. The van der Waals surface area contributed by atoms with Crippen LogP contribution in [0.2, 0.25) is 5.15 Å². The molecule has 0 unspecified atom stereocenters. The Morgan fingerprint density at radius 1 is 1.09 bits per heavy atom. The number of anilines is 1. The first kappa shape index (κ1) is 26.7. The monoisotopic (exact) mass is 531 g/mol. The van der Waals surface area contributed by atoms with Crippen LogP contribution in [0.4, 0.5) is 40.9 Å². The summed E-state index contributed by atoms with van der Waals surface area (Å²) in [6, 6.07) is -0.551. The van der Waals surface area contributed by atoms with Crippen molar-refractivity contribution in [3.63, 3.8) is 0 Å². The molecule has 1 aromatic carbocycles. The van der Waals surface area contributed by atoms with Crippen LogP contribution in [0.15, 0.2) is 24.5 Å². The third-order valence-electron chi connectivity index (χ3n) is 4.71. The summed E-state index contributed by atoms with van der Waals surface area (Å²) in [7, 11) is 0. The number of imidazole rings is 1. The lowest BCUT2D eigenvalue weighted by atomic mass is 10.1. The minimum Gasteiger partial charge on any atom is -0.493 e. The highest BCUT2D eigenvalue weighted by Crippen LogP contribution is 2.40. The van der Waals surface area contributed by atoms with Gasteiger partial charge in [0.1, 0.15) is 34.4 Å². The molecule has 6 nitrogen and oxygen atoms in total. The fourth-order valence-electron chi connectivity index (χ4n) is 3.05. The maximum atomic E-state index is 15.0. The Morgan fingerprint density at radius 2 is 1.74 bits per heavy atom. The standard InChI is InChI=1S/C20H18ClF8N5O/c1-10(20(27,28)29)32-17-15(16(21)33-18-31-4-5-34(17)18)14-12(22)7-11(8-13(14)23)35-6-2-3-30-9-19(24,25)26/h4-5,7-8,10,30,32H,2-3,6,9H2,1H3/t10-/m1/s1. The second-order valence-electron chi connectivity index (χ2n) is 7.39. The van der Waals surface area contributed by atoms with Crippen molar-refractivity contribution in [2.45, 2.75) is 31.7 Å². The van der Waals surface area contributed by atoms with Gasteiger partial charge in [0.2, 0.25) is 5.78 Å². The van der Waals surface area contributed by atoms with Crippen molar-refractivity contribution in [1.29, 1.82) is 0 Å². The third kappa shape index (κ3) is 6.63. The molecular formula is C20H18ClF8N5O. The van der Waals surface area contributed by atoms with Crippen LogP contribution in [0.5, 0.6) is 5.75 Å². The minimum atomic E-state index is -4.69. The molecule has 0 aliphatic heterocycles. The number of hydrogen-bond acceptors (Lipinski definition) is 5. The summed E-state index contributed by atoms with van der Waals surface area (Å²) < 4.78 is 112. The van der Waals surface area contributed by atoms with Crippen molar-refractivity contribution < 1.29 is 39.9 Å². The van der Waals surface area contributed by atoms with E-state index in [2.05, 4.69) is 20.6 Å². The summed E-state index contributed by atoms with van der Waals surface area (Å²) in [5.41, 5.74) is -1.22. The Bertz CT molecular complexity index is 1160. The lowest BCUT2D eigenvalue weighted by molar-refractivity contribution is -0.138. The van der Waals surface area contributed by atoms with Crippen molar-refractivity contribution >= 4 is 23.2 Å². The van der Waals surface area contributed by atoms with Gasteiger partial charge in [-0.2, -0.15) is 31.3 Å². The van der Waals surface area contributed by atoms with E-state index in [0.29, 0.717) is 0 Å². The van der Waals surface area contributed by atoms with Crippen LogP contribution >= 0.6 is 11.6 Å². The highest BCUT2D eigenvalue weighted by atomic mass is 35.5. The lowest BCUT2D eigenvalue weighted by Gasteiger charge is -2.22. The first-order valence-corrected chi connectivity index (χ1v) is 10.4. The first-order valence-electron chi connectivity index (χ1n) is 10.0. The molecule has 2 N–H and O–H groups in total. The minimum absolute atomic E-state index is 0.0544. The van der Waals surface area contributed by atoms with Crippen LogP contribution in [-0.4, -0.2) is 52.5 Å². The maximum Gasteiger partial charge on any atom is 0.408 e. The van der Waals surface area contributed by atoms with Crippen molar-refractivity contribution in [3.8, 4) is 16.9 Å². The van der Waals surface area contributed by atoms with Crippen LogP contribution in [0.25, 0.3) is 16.9 Å². The molecule has 0 saturated carbocycles. The van der Waals surface area contributed by atoms with Gasteiger partial charge in [0.05, 0.1) is 24.3 Å². The van der Waals surface area contributed by atoms with E-state index in [1.54, 1.807) is 0 Å². The van der Waals surface area contributed by atoms with Gasteiger partial charge < -0.3 is 15.4 Å². The van der Waals surface area contributed by atoms with Gasteiger partial charge in [0, 0.05) is 24.5 Å². The van der Waals surface area contributed by atoms with Crippen LogP contribution in [0.3, 0.4) is 0 Å². The molecule has 0 amide bonds. The second-order valence-corrected chi connectivity index (χ2v) is 7.75. The van der Waals surface area contributed by atoms with E-state index in [0.717, 1.165) is 23.5 Å². The molecule has 0 radical (unpaired) electrons. The highest BCUT2D eigenvalue weighted by molar-refractivity contribution is 6.33. The molecule has 35 heavy (non-hydrogen) atoms. The van der Waals surface area contributed by atoms with E-state index in [4.69, 9.17) is 16.3 Å². The Balaban J connectivity index is 1.88. The molecule has 3 rings (SSSR count). The van der Waals surface area contributed by atoms with E-state index in [1.807, 2.05) is 0 Å². The number of benzene rings is 1. The average molecular weight is 532 g/mol. The van der Waals surface area contributed by atoms with Gasteiger partial charge >= 0.3 is 12.4 Å². The van der Waals surface area contributed by atoms with Crippen molar-refractivity contribution in [3.05, 3.63) is 41.3 Å². The topological polar surface area (TPSA) is 63.5 Å². The molecule has 2 aromatic heterocycles. The normalized spacial score (nSPS) is 13.3. The summed E-state index contributed by atoms with van der Waals surface area (Å²) in [5.74, 6) is -3.17. The molecule has 0 aliphatic carbocycles. The lowest BCUT2D eigenvalue weighted by Crippen LogP contribution is -2.34. The predicted octanol–water partition coefficient (Wildman–Crippen LogP) is 5.61. The van der Waals surface area contributed by atoms with E-state index < -0.39 is 52.9 Å². The van der Waals surface area contributed by atoms with E-state index in [-0.39, 0.29) is 36.9 Å². The number of fused-ring (bicyclic) bond motifs is 1. The zero-order valence-electron chi connectivity index (χ0n) is 17.9. The fourth-order valence-corrected chi connectivity index (χ4v) is 3.31. The molecule has 0 aliphatic rings. The maximum absolute atomic E-state index is 15.0. The molecule has 0 saturated heterocycles. The Morgan fingerprint density at radius 3 is 2.34 bits per heavy atom. The number of rotatable bonds is 9. The third-order valence-corrected chi connectivity index (χ3v) is 4.98. The number of hydrogen-bond donors (Lipinski definition) is 2. The summed E-state index contributed by atoms with van der Waals surface area (Å²) in [6.45, 7) is -0.581. The predicted molar refractivity (Wildman–Crippen MR) is 112 cm³/mol. The molecule has 0 spiro atoms. The molecular weight excluding hydrogens is 514 g/mol.